The SMILES string of the molecule is Cc1ccnn1-c1ccc(C(=O)NCCCn2cnc3ccccc32)cc1. The molecule has 2 heterocycles. The first kappa shape index (κ1) is 17.0. The van der Waals surface area contributed by atoms with Gasteiger partial charge in [0.1, 0.15) is 0 Å². The van der Waals surface area contributed by atoms with Crippen molar-refractivity contribution in [2.45, 2.75) is 19.9 Å². The van der Waals surface area contributed by atoms with E-state index in [9.17, 15) is 4.79 Å². The summed E-state index contributed by atoms with van der Waals surface area (Å²) in [5.41, 5.74) is 4.76. The van der Waals surface area contributed by atoms with E-state index in [1.807, 2.05) is 66.5 Å². The molecule has 0 fully saturated rings. The molecule has 136 valence electrons. The highest BCUT2D eigenvalue weighted by molar-refractivity contribution is 5.94. The molecule has 0 unspecified atom stereocenters. The average Bonchev–Trinajstić information content (AvgIpc) is 3.31. The van der Waals surface area contributed by atoms with Crippen LogP contribution in [0.4, 0.5) is 0 Å². The zero-order chi connectivity index (χ0) is 18.6. The lowest BCUT2D eigenvalue weighted by molar-refractivity contribution is 0.0953. The summed E-state index contributed by atoms with van der Waals surface area (Å²) in [7, 11) is 0. The first-order valence-corrected chi connectivity index (χ1v) is 9.01. The van der Waals surface area contributed by atoms with Crippen LogP contribution in [0.2, 0.25) is 0 Å². The zero-order valence-corrected chi connectivity index (χ0v) is 15.2. The summed E-state index contributed by atoms with van der Waals surface area (Å²) < 4.78 is 3.96. The van der Waals surface area contributed by atoms with Gasteiger partial charge in [0.25, 0.3) is 5.91 Å². The van der Waals surface area contributed by atoms with E-state index >= 15 is 0 Å². The fourth-order valence-corrected chi connectivity index (χ4v) is 3.14. The Labute approximate surface area is 157 Å². The summed E-state index contributed by atoms with van der Waals surface area (Å²) in [5.74, 6) is -0.0609. The number of fused-ring (bicyclic) bond motifs is 1. The molecule has 0 saturated carbocycles. The normalized spacial score (nSPS) is 11.0. The zero-order valence-electron chi connectivity index (χ0n) is 15.2. The van der Waals surface area contributed by atoms with Gasteiger partial charge in [0.05, 0.1) is 23.0 Å². The van der Waals surface area contributed by atoms with Crippen molar-refractivity contribution < 1.29 is 4.79 Å². The standard InChI is InChI=1S/C21H21N5O/c1-16-11-13-24-26(16)18-9-7-17(8-10-18)21(27)22-12-4-14-25-15-23-19-5-2-3-6-20(19)25/h2-3,5-11,13,15H,4,12,14H2,1H3,(H,22,27). The molecule has 2 aromatic heterocycles. The van der Waals surface area contributed by atoms with Gasteiger partial charge in [-0.05, 0) is 55.8 Å². The van der Waals surface area contributed by atoms with Crippen LogP contribution in [0.1, 0.15) is 22.5 Å². The van der Waals surface area contributed by atoms with E-state index < -0.39 is 0 Å². The number of hydrogen-bond donors (Lipinski definition) is 1. The molecule has 0 aliphatic carbocycles. The van der Waals surface area contributed by atoms with E-state index in [0.29, 0.717) is 12.1 Å². The number of rotatable bonds is 6. The number of amides is 1. The van der Waals surface area contributed by atoms with Gasteiger partial charge in [-0.15, -0.1) is 0 Å². The fraction of sp³-hybridized carbons (Fsp3) is 0.190. The minimum atomic E-state index is -0.0609. The number of carbonyl (C=O) groups excluding carboxylic acids is 1. The summed E-state index contributed by atoms with van der Waals surface area (Å²) in [6.07, 6.45) is 4.46. The van der Waals surface area contributed by atoms with Crippen LogP contribution in [0.3, 0.4) is 0 Å². The van der Waals surface area contributed by atoms with E-state index in [2.05, 4.69) is 26.0 Å². The van der Waals surface area contributed by atoms with Crippen molar-refractivity contribution in [2.75, 3.05) is 6.54 Å². The molecule has 0 aliphatic rings. The van der Waals surface area contributed by atoms with Gasteiger partial charge in [0, 0.05) is 30.5 Å². The maximum absolute atomic E-state index is 12.3. The molecule has 0 radical (unpaired) electrons. The Balaban J connectivity index is 1.31. The van der Waals surface area contributed by atoms with Crippen LogP contribution in [0.25, 0.3) is 16.7 Å². The predicted octanol–water partition coefficient (Wildman–Crippen LogP) is 3.35. The number of benzene rings is 2. The van der Waals surface area contributed by atoms with Crippen LogP contribution in [-0.2, 0) is 6.54 Å². The quantitative estimate of drug-likeness (QED) is 0.537. The molecule has 0 aliphatic heterocycles. The van der Waals surface area contributed by atoms with E-state index in [0.717, 1.165) is 35.4 Å². The number of para-hydroxylation sites is 2. The van der Waals surface area contributed by atoms with Gasteiger partial charge in [-0.1, -0.05) is 12.1 Å². The Kier molecular flexibility index (Phi) is 4.70. The van der Waals surface area contributed by atoms with Crippen LogP contribution in [0, 0.1) is 6.92 Å². The molecule has 1 amide bonds. The van der Waals surface area contributed by atoms with Gasteiger partial charge < -0.3 is 9.88 Å². The maximum atomic E-state index is 12.3. The van der Waals surface area contributed by atoms with Crippen LogP contribution in [0.5, 0.6) is 0 Å². The first-order chi connectivity index (χ1) is 13.2. The van der Waals surface area contributed by atoms with Crippen molar-refractivity contribution in [2.24, 2.45) is 0 Å². The van der Waals surface area contributed by atoms with Gasteiger partial charge >= 0.3 is 0 Å². The van der Waals surface area contributed by atoms with E-state index in [1.165, 1.54) is 0 Å². The lowest BCUT2D eigenvalue weighted by Crippen LogP contribution is -2.25. The highest BCUT2D eigenvalue weighted by Crippen LogP contribution is 2.13. The number of aromatic nitrogens is 4. The Morgan fingerprint density at radius 1 is 1.07 bits per heavy atom. The number of nitrogens with one attached hydrogen (secondary N) is 1. The molecule has 27 heavy (non-hydrogen) atoms. The van der Waals surface area contributed by atoms with Gasteiger partial charge in [-0.2, -0.15) is 5.10 Å². The van der Waals surface area contributed by atoms with Gasteiger partial charge in [0.15, 0.2) is 0 Å². The molecule has 4 rings (SSSR count). The minimum Gasteiger partial charge on any atom is -0.352 e. The summed E-state index contributed by atoms with van der Waals surface area (Å²) in [6, 6.07) is 17.5. The molecule has 1 N–H and O–H groups in total. The lowest BCUT2D eigenvalue weighted by Gasteiger charge is -2.08. The summed E-state index contributed by atoms with van der Waals surface area (Å²) in [6.45, 7) is 3.43. The third-order valence-corrected chi connectivity index (χ3v) is 4.59. The van der Waals surface area contributed by atoms with Crippen LogP contribution >= 0.6 is 0 Å². The number of hydrogen-bond acceptors (Lipinski definition) is 3. The molecule has 6 heteroatoms. The van der Waals surface area contributed by atoms with Crippen molar-refractivity contribution in [3.8, 4) is 5.69 Å². The number of imidazole rings is 1. The molecule has 0 spiro atoms. The largest absolute Gasteiger partial charge is 0.352 e. The van der Waals surface area contributed by atoms with E-state index in [4.69, 9.17) is 0 Å². The smallest absolute Gasteiger partial charge is 0.251 e. The molecular weight excluding hydrogens is 338 g/mol. The first-order valence-electron chi connectivity index (χ1n) is 9.01. The highest BCUT2D eigenvalue weighted by atomic mass is 16.1. The van der Waals surface area contributed by atoms with E-state index in [1.54, 1.807) is 6.20 Å². The Bertz CT molecular complexity index is 1060. The van der Waals surface area contributed by atoms with Crippen LogP contribution in [-0.4, -0.2) is 31.8 Å². The molecule has 2 aromatic carbocycles. The molecular formula is C21H21N5O. The molecule has 0 atom stereocenters. The van der Waals surface area contributed by atoms with Gasteiger partial charge in [-0.3, -0.25) is 4.79 Å². The monoisotopic (exact) mass is 359 g/mol. The summed E-state index contributed by atoms with van der Waals surface area (Å²) in [4.78, 5) is 16.7. The van der Waals surface area contributed by atoms with Crippen LogP contribution in [0.15, 0.2) is 67.1 Å². The van der Waals surface area contributed by atoms with Gasteiger partial charge in [0.2, 0.25) is 0 Å². The average molecular weight is 359 g/mol. The topological polar surface area (TPSA) is 64.7 Å². The van der Waals surface area contributed by atoms with Crippen molar-refractivity contribution in [1.29, 1.82) is 0 Å². The number of aryl methyl sites for hydroxylation is 2. The van der Waals surface area contributed by atoms with Crippen molar-refractivity contribution >= 4 is 16.9 Å². The molecule has 0 bridgehead atoms. The van der Waals surface area contributed by atoms with Crippen molar-refractivity contribution in [3.63, 3.8) is 0 Å². The highest BCUT2D eigenvalue weighted by Gasteiger charge is 2.07. The fourth-order valence-electron chi connectivity index (χ4n) is 3.14. The second-order valence-electron chi connectivity index (χ2n) is 6.47. The van der Waals surface area contributed by atoms with Crippen molar-refractivity contribution in [3.05, 3.63) is 78.4 Å². The van der Waals surface area contributed by atoms with Crippen LogP contribution < -0.4 is 5.32 Å². The molecule has 6 nitrogen and oxygen atoms in total. The summed E-state index contributed by atoms with van der Waals surface area (Å²) >= 11 is 0. The summed E-state index contributed by atoms with van der Waals surface area (Å²) in [5, 5.41) is 7.26. The van der Waals surface area contributed by atoms with Crippen molar-refractivity contribution in [1.82, 2.24) is 24.6 Å². The predicted molar refractivity (Wildman–Crippen MR) is 105 cm³/mol. The number of carbonyl (C=O) groups is 1. The molecule has 4 aromatic rings. The maximum Gasteiger partial charge on any atom is 0.251 e. The Hall–Kier alpha value is -3.41. The Morgan fingerprint density at radius 3 is 2.67 bits per heavy atom. The second kappa shape index (κ2) is 7.45. The third kappa shape index (κ3) is 3.60. The lowest BCUT2D eigenvalue weighted by atomic mass is 10.2. The molecule has 0 saturated heterocycles. The van der Waals surface area contributed by atoms with Gasteiger partial charge in [-0.25, -0.2) is 9.67 Å². The van der Waals surface area contributed by atoms with E-state index in [-0.39, 0.29) is 5.91 Å². The second-order valence-corrected chi connectivity index (χ2v) is 6.47. The number of nitrogens with zero attached hydrogens (tertiary/aromatic N) is 4. The Morgan fingerprint density at radius 2 is 1.89 bits per heavy atom. The minimum absolute atomic E-state index is 0.0609. The third-order valence-electron chi connectivity index (χ3n) is 4.59.